The van der Waals surface area contributed by atoms with Gasteiger partial charge >= 0.3 is 5.97 Å². The van der Waals surface area contributed by atoms with Crippen LogP contribution in [-0.2, 0) is 14.4 Å². The number of aliphatic carboxylic acids is 1. The second-order valence-corrected chi connectivity index (χ2v) is 7.08. The van der Waals surface area contributed by atoms with Crippen molar-refractivity contribution in [1.82, 2.24) is 10.4 Å². The van der Waals surface area contributed by atoms with Gasteiger partial charge in [-0.3, -0.25) is 14.4 Å². The van der Waals surface area contributed by atoms with E-state index in [4.69, 9.17) is 9.94 Å². The number of hydrogen-bond acceptors (Lipinski definition) is 4. The third-order valence-electron chi connectivity index (χ3n) is 5.44. The van der Waals surface area contributed by atoms with Crippen LogP contribution in [0.25, 0.3) is 11.1 Å². The molecule has 0 aromatic heterocycles. The summed E-state index contributed by atoms with van der Waals surface area (Å²) in [4.78, 5) is 28.4. The highest BCUT2D eigenvalue weighted by atomic mass is 16.7. The lowest BCUT2D eigenvalue weighted by Crippen LogP contribution is -2.36. The highest BCUT2D eigenvalue weighted by Gasteiger charge is 2.33. The summed E-state index contributed by atoms with van der Waals surface area (Å²) < 4.78 is 0. The second kappa shape index (κ2) is 7.50. The minimum Gasteiger partial charge on any atom is -0.481 e. The molecule has 1 heterocycles. The number of nitrogens with zero attached hydrogens (tertiary/aromatic N) is 1. The average Bonchev–Trinajstić information content (AvgIpc) is 3.25. The SMILES string of the molecule is O=CN(OCC1c2ccccc2-c2ccccc21)[C@H]1CN[C@H](CC(=O)O)C1. The van der Waals surface area contributed by atoms with E-state index >= 15 is 0 Å². The third-order valence-corrected chi connectivity index (χ3v) is 5.44. The van der Waals surface area contributed by atoms with Crippen LogP contribution >= 0.6 is 0 Å². The molecule has 1 amide bonds. The van der Waals surface area contributed by atoms with Crippen molar-refractivity contribution in [3.63, 3.8) is 0 Å². The van der Waals surface area contributed by atoms with E-state index in [0.717, 1.165) is 0 Å². The second-order valence-electron chi connectivity index (χ2n) is 7.08. The minimum absolute atomic E-state index is 0.0482. The van der Waals surface area contributed by atoms with Gasteiger partial charge in [0.2, 0.25) is 6.41 Å². The predicted molar refractivity (Wildman–Crippen MR) is 100 cm³/mol. The van der Waals surface area contributed by atoms with Crippen LogP contribution in [0.2, 0.25) is 0 Å². The van der Waals surface area contributed by atoms with Crippen LogP contribution in [0.1, 0.15) is 29.9 Å². The lowest BCUT2D eigenvalue weighted by Gasteiger charge is -2.25. The van der Waals surface area contributed by atoms with E-state index in [-0.39, 0.29) is 24.4 Å². The summed E-state index contributed by atoms with van der Waals surface area (Å²) in [6, 6.07) is 16.3. The van der Waals surface area contributed by atoms with Crippen LogP contribution in [0.5, 0.6) is 0 Å². The van der Waals surface area contributed by atoms with Gasteiger partial charge in [-0.25, -0.2) is 5.06 Å². The molecular weight excluding hydrogens is 344 g/mol. The smallest absolute Gasteiger partial charge is 0.304 e. The summed E-state index contributed by atoms with van der Waals surface area (Å²) in [5, 5.41) is 13.4. The molecule has 140 valence electrons. The molecule has 6 heteroatoms. The van der Waals surface area contributed by atoms with E-state index in [1.165, 1.54) is 27.3 Å². The molecule has 1 aliphatic carbocycles. The van der Waals surface area contributed by atoms with Crippen LogP contribution in [-0.4, -0.2) is 47.8 Å². The molecule has 0 unspecified atom stereocenters. The van der Waals surface area contributed by atoms with Gasteiger partial charge in [0.25, 0.3) is 0 Å². The third kappa shape index (κ3) is 3.46. The molecule has 0 radical (unpaired) electrons. The van der Waals surface area contributed by atoms with Crippen molar-refractivity contribution in [2.24, 2.45) is 0 Å². The van der Waals surface area contributed by atoms with Crippen molar-refractivity contribution < 1.29 is 19.5 Å². The fourth-order valence-corrected chi connectivity index (χ4v) is 4.18. The summed E-state index contributed by atoms with van der Waals surface area (Å²) in [5.41, 5.74) is 4.84. The zero-order chi connectivity index (χ0) is 18.8. The van der Waals surface area contributed by atoms with Gasteiger partial charge in [0.15, 0.2) is 0 Å². The topological polar surface area (TPSA) is 78.9 Å². The van der Waals surface area contributed by atoms with Crippen LogP contribution in [0.4, 0.5) is 0 Å². The maximum absolute atomic E-state index is 11.6. The summed E-state index contributed by atoms with van der Waals surface area (Å²) in [6.07, 6.45) is 1.32. The maximum atomic E-state index is 11.6. The molecule has 0 spiro atoms. The van der Waals surface area contributed by atoms with E-state index in [1.54, 1.807) is 0 Å². The van der Waals surface area contributed by atoms with E-state index < -0.39 is 5.97 Å². The molecule has 2 aromatic carbocycles. The largest absolute Gasteiger partial charge is 0.481 e. The van der Waals surface area contributed by atoms with Crippen molar-refractivity contribution in [2.45, 2.75) is 30.8 Å². The zero-order valence-electron chi connectivity index (χ0n) is 14.9. The molecule has 27 heavy (non-hydrogen) atoms. The molecule has 1 saturated heterocycles. The Hall–Kier alpha value is -2.70. The number of carbonyl (C=O) groups is 2. The van der Waals surface area contributed by atoms with E-state index in [0.29, 0.717) is 26.0 Å². The van der Waals surface area contributed by atoms with Crippen molar-refractivity contribution >= 4 is 12.4 Å². The average molecular weight is 366 g/mol. The summed E-state index contributed by atoms with van der Waals surface area (Å²) >= 11 is 0. The molecule has 1 fully saturated rings. The Kier molecular flexibility index (Phi) is 4.92. The van der Waals surface area contributed by atoms with Gasteiger partial charge in [0.05, 0.1) is 19.1 Å². The summed E-state index contributed by atoms with van der Waals surface area (Å²) in [6.45, 7) is 0.904. The van der Waals surface area contributed by atoms with Gasteiger partial charge in [-0.2, -0.15) is 0 Å². The van der Waals surface area contributed by atoms with E-state index in [1.807, 2.05) is 24.3 Å². The predicted octanol–water partition coefficient (Wildman–Crippen LogP) is 2.39. The first-order valence-electron chi connectivity index (χ1n) is 9.17. The molecule has 2 N–H and O–H groups in total. The molecule has 2 aromatic rings. The lowest BCUT2D eigenvalue weighted by molar-refractivity contribution is -0.185. The van der Waals surface area contributed by atoms with Gasteiger partial charge in [-0.05, 0) is 28.7 Å². The van der Waals surface area contributed by atoms with Crippen LogP contribution in [0.15, 0.2) is 48.5 Å². The monoisotopic (exact) mass is 366 g/mol. The standard InChI is InChI=1S/C21H22N2O4/c24-13-23(15-9-14(22-11-15)10-21(25)26)27-12-20-18-7-3-1-5-16(18)17-6-2-4-8-19(17)20/h1-8,13-15,20,22H,9-12H2,(H,25,26)/t14-,15+/m0/s1. The van der Waals surface area contributed by atoms with Gasteiger partial charge in [0.1, 0.15) is 0 Å². The molecule has 0 saturated carbocycles. The number of carboxylic acids is 1. The Balaban J connectivity index is 1.46. The normalized spacial score (nSPS) is 20.9. The fourth-order valence-electron chi connectivity index (χ4n) is 4.18. The van der Waals surface area contributed by atoms with E-state index in [2.05, 4.69) is 29.6 Å². The molecule has 2 aliphatic rings. The number of benzene rings is 2. The Labute approximate surface area is 157 Å². The Bertz CT molecular complexity index is 808. The van der Waals surface area contributed by atoms with Crippen molar-refractivity contribution in [2.75, 3.05) is 13.2 Å². The van der Waals surface area contributed by atoms with Crippen molar-refractivity contribution in [3.05, 3.63) is 59.7 Å². The molecule has 2 atom stereocenters. The first-order chi connectivity index (χ1) is 13.2. The summed E-state index contributed by atoms with van der Waals surface area (Å²) in [7, 11) is 0. The summed E-state index contributed by atoms with van der Waals surface area (Å²) in [5.74, 6) is -0.769. The van der Waals surface area contributed by atoms with Crippen LogP contribution < -0.4 is 5.32 Å². The number of carbonyl (C=O) groups excluding carboxylic acids is 1. The minimum atomic E-state index is -0.842. The Morgan fingerprint density at radius 1 is 1.15 bits per heavy atom. The number of carboxylic acid groups (broad SMARTS) is 1. The molecule has 6 nitrogen and oxygen atoms in total. The van der Waals surface area contributed by atoms with Crippen LogP contribution in [0.3, 0.4) is 0 Å². The fraction of sp³-hybridized carbons (Fsp3) is 0.333. The van der Waals surface area contributed by atoms with Gasteiger partial charge in [-0.15, -0.1) is 0 Å². The van der Waals surface area contributed by atoms with Gasteiger partial charge in [-0.1, -0.05) is 48.5 Å². The van der Waals surface area contributed by atoms with Crippen molar-refractivity contribution in [1.29, 1.82) is 0 Å². The number of hydrogen-bond donors (Lipinski definition) is 2. The quantitative estimate of drug-likeness (QED) is 0.581. The lowest BCUT2D eigenvalue weighted by atomic mass is 9.98. The Morgan fingerprint density at radius 2 is 1.78 bits per heavy atom. The number of nitrogens with one attached hydrogen (secondary N) is 1. The zero-order valence-corrected chi connectivity index (χ0v) is 14.9. The van der Waals surface area contributed by atoms with E-state index in [9.17, 15) is 9.59 Å². The highest BCUT2D eigenvalue weighted by Crippen LogP contribution is 2.44. The van der Waals surface area contributed by atoms with Gasteiger partial charge in [0, 0.05) is 18.5 Å². The van der Waals surface area contributed by atoms with Crippen LogP contribution in [0, 0.1) is 0 Å². The maximum Gasteiger partial charge on any atom is 0.304 e. The first kappa shape index (κ1) is 17.7. The molecule has 4 rings (SSSR count). The van der Waals surface area contributed by atoms with Gasteiger partial charge < -0.3 is 10.4 Å². The molecular formula is C21H22N2O4. The van der Waals surface area contributed by atoms with Crippen molar-refractivity contribution in [3.8, 4) is 11.1 Å². The number of hydroxylamine groups is 2. The molecule has 0 bridgehead atoms. The Morgan fingerprint density at radius 3 is 2.37 bits per heavy atom. The highest BCUT2D eigenvalue weighted by molar-refractivity contribution is 5.78. The first-order valence-corrected chi connectivity index (χ1v) is 9.17. The number of rotatable bonds is 7. The molecule has 1 aliphatic heterocycles. The number of fused-ring (bicyclic) bond motifs is 3. The number of amides is 1.